The molecular weight excluding hydrogens is 262 g/mol. The molecule has 0 radical (unpaired) electrons. The van der Waals surface area contributed by atoms with E-state index in [4.69, 9.17) is 0 Å². The molecule has 1 saturated carbocycles. The second kappa shape index (κ2) is 6.18. The van der Waals surface area contributed by atoms with Gasteiger partial charge in [0.25, 0.3) is 5.91 Å². The molecule has 2 aliphatic carbocycles. The lowest BCUT2D eigenvalue weighted by molar-refractivity contribution is 0.0451. The van der Waals surface area contributed by atoms with Gasteiger partial charge >= 0.3 is 0 Å². The molecule has 1 aromatic carbocycles. The molecule has 2 atom stereocenters. The fourth-order valence-corrected chi connectivity index (χ4v) is 3.76. The van der Waals surface area contributed by atoms with Gasteiger partial charge in [0.15, 0.2) is 0 Å². The molecule has 0 bridgehead atoms. The highest BCUT2D eigenvalue weighted by Crippen LogP contribution is 2.26. The van der Waals surface area contributed by atoms with Crippen molar-refractivity contribution < 1.29 is 9.90 Å². The number of aliphatic hydroxyl groups is 1. The lowest BCUT2D eigenvalue weighted by Crippen LogP contribution is -2.38. The minimum absolute atomic E-state index is 0.0856. The molecule has 0 spiro atoms. The van der Waals surface area contributed by atoms with E-state index in [2.05, 4.69) is 12.1 Å². The van der Waals surface area contributed by atoms with Crippen molar-refractivity contribution in [2.45, 2.75) is 51.0 Å². The van der Waals surface area contributed by atoms with Crippen molar-refractivity contribution >= 4 is 5.91 Å². The monoisotopic (exact) mass is 287 g/mol. The summed E-state index contributed by atoms with van der Waals surface area (Å²) >= 11 is 0. The summed E-state index contributed by atoms with van der Waals surface area (Å²) in [6.45, 7) is 0.664. The van der Waals surface area contributed by atoms with Crippen LogP contribution < -0.4 is 0 Å². The van der Waals surface area contributed by atoms with Gasteiger partial charge in [-0.1, -0.05) is 18.9 Å². The lowest BCUT2D eigenvalue weighted by Gasteiger charge is -2.31. The molecule has 2 aliphatic rings. The molecule has 114 valence electrons. The Morgan fingerprint density at radius 3 is 2.76 bits per heavy atom. The zero-order chi connectivity index (χ0) is 14.8. The number of aliphatic hydroxyl groups excluding tert-OH is 1. The molecule has 1 amide bonds. The molecule has 0 saturated heterocycles. The van der Waals surface area contributed by atoms with Crippen LogP contribution in [0.25, 0.3) is 0 Å². The minimum atomic E-state index is -0.242. The Kier molecular flexibility index (Phi) is 4.29. The SMILES string of the molecule is CN(CC1CCCCC1O)C(=O)c1ccc2c(c1)CCC2. The highest BCUT2D eigenvalue weighted by atomic mass is 16.3. The quantitative estimate of drug-likeness (QED) is 0.928. The molecule has 1 aromatic rings. The molecule has 0 aromatic heterocycles. The average Bonchev–Trinajstić information content (AvgIpc) is 2.96. The molecule has 3 heteroatoms. The Balaban J connectivity index is 1.66. The van der Waals surface area contributed by atoms with Gasteiger partial charge in [-0.15, -0.1) is 0 Å². The topological polar surface area (TPSA) is 40.5 Å². The summed E-state index contributed by atoms with van der Waals surface area (Å²) in [5.74, 6) is 0.324. The molecule has 1 N–H and O–H groups in total. The van der Waals surface area contributed by atoms with Gasteiger partial charge in [0.1, 0.15) is 0 Å². The van der Waals surface area contributed by atoms with Gasteiger partial charge in [-0.25, -0.2) is 0 Å². The first-order valence-corrected chi connectivity index (χ1v) is 8.20. The summed E-state index contributed by atoms with van der Waals surface area (Å²) in [5, 5.41) is 10.1. The van der Waals surface area contributed by atoms with E-state index in [9.17, 15) is 9.90 Å². The molecule has 3 nitrogen and oxygen atoms in total. The van der Waals surface area contributed by atoms with Crippen LogP contribution in [-0.2, 0) is 12.8 Å². The minimum Gasteiger partial charge on any atom is -0.393 e. The van der Waals surface area contributed by atoms with E-state index >= 15 is 0 Å². The number of rotatable bonds is 3. The molecule has 0 aliphatic heterocycles. The Bertz CT molecular complexity index is 526. The predicted octanol–water partition coefficient (Wildman–Crippen LogP) is 2.80. The van der Waals surface area contributed by atoms with E-state index < -0.39 is 0 Å². The number of carbonyl (C=O) groups is 1. The predicted molar refractivity (Wildman–Crippen MR) is 83.4 cm³/mol. The number of amides is 1. The van der Waals surface area contributed by atoms with E-state index in [1.54, 1.807) is 4.90 Å². The van der Waals surface area contributed by atoms with Crippen LogP contribution in [0.3, 0.4) is 0 Å². The first-order valence-electron chi connectivity index (χ1n) is 8.20. The van der Waals surface area contributed by atoms with Gasteiger partial charge in [-0.2, -0.15) is 0 Å². The molecule has 3 rings (SSSR count). The number of hydrogen-bond donors (Lipinski definition) is 1. The van der Waals surface area contributed by atoms with Gasteiger partial charge < -0.3 is 10.0 Å². The van der Waals surface area contributed by atoms with Crippen molar-refractivity contribution in [3.63, 3.8) is 0 Å². The summed E-state index contributed by atoms with van der Waals surface area (Å²) < 4.78 is 0. The zero-order valence-corrected chi connectivity index (χ0v) is 12.8. The fraction of sp³-hybridized carbons (Fsp3) is 0.611. The van der Waals surface area contributed by atoms with Gasteiger partial charge in [-0.05, 0) is 55.4 Å². The van der Waals surface area contributed by atoms with Crippen LogP contribution in [0.15, 0.2) is 18.2 Å². The number of hydrogen-bond acceptors (Lipinski definition) is 2. The zero-order valence-electron chi connectivity index (χ0n) is 12.8. The summed E-state index contributed by atoms with van der Waals surface area (Å²) in [6, 6.07) is 6.14. The number of benzene rings is 1. The Labute approximate surface area is 127 Å². The number of aryl methyl sites for hydroxylation is 2. The van der Waals surface area contributed by atoms with Crippen LogP contribution in [0.4, 0.5) is 0 Å². The Morgan fingerprint density at radius 1 is 1.19 bits per heavy atom. The van der Waals surface area contributed by atoms with Crippen LogP contribution in [0.2, 0.25) is 0 Å². The van der Waals surface area contributed by atoms with Gasteiger partial charge in [0.2, 0.25) is 0 Å². The van der Waals surface area contributed by atoms with Crippen molar-refractivity contribution in [2.24, 2.45) is 5.92 Å². The van der Waals surface area contributed by atoms with Crippen LogP contribution in [0.1, 0.15) is 53.6 Å². The summed E-state index contributed by atoms with van der Waals surface area (Å²) in [6.07, 6.45) is 7.40. The number of nitrogens with zero attached hydrogens (tertiary/aromatic N) is 1. The van der Waals surface area contributed by atoms with Crippen molar-refractivity contribution in [2.75, 3.05) is 13.6 Å². The maximum absolute atomic E-state index is 12.6. The van der Waals surface area contributed by atoms with Crippen LogP contribution in [0, 0.1) is 5.92 Å². The van der Waals surface area contributed by atoms with E-state index in [-0.39, 0.29) is 17.9 Å². The molecule has 1 fully saturated rings. The van der Waals surface area contributed by atoms with E-state index in [1.165, 1.54) is 24.0 Å². The van der Waals surface area contributed by atoms with E-state index in [0.29, 0.717) is 6.54 Å². The molecule has 0 heterocycles. The Hall–Kier alpha value is -1.35. The molecule has 2 unspecified atom stereocenters. The lowest BCUT2D eigenvalue weighted by atomic mass is 9.86. The third-order valence-electron chi connectivity index (χ3n) is 5.07. The second-order valence-electron chi connectivity index (χ2n) is 6.63. The Morgan fingerprint density at radius 2 is 1.95 bits per heavy atom. The van der Waals surface area contributed by atoms with Crippen molar-refractivity contribution in [1.82, 2.24) is 4.90 Å². The van der Waals surface area contributed by atoms with Gasteiger partial charge in [0, 0.05) is 25.1 Å². The van der Waals surface area contributed by atoms with Crippen molar-refractivity contribution in [3.8, 4) is 0 Å². The van der Waals surface area contributed by atoms with Gasteiger partial charge in [0.05, 0.1) is 6.10 Å². The molecular formula is C18H25NO2. The average molecular weight is 287 g/mol. The first-order chi connectivity index (χ1) is 10.1. The highest BCUT2D eigenvalue weighted by molar-refractivity contribution is 5.94. The highest BCUT2D eigenvalue weighted by Gasteiger charge is 2.26. The maximum Gasteiger partial charge on any atom is 0.253 e. The van der Waals surface area contributed by atoms with Crippen LogP contribution in [0.5, 0.6) is 0 Å². The van der Waals surface area contributed by atoms with Crippen LogP contribution >= 0.6 is 0 Å². The summed E-state index contributed by atoms with van der Waals surface area (Å²) in [4.78, 5) is 14.4. The standard InChI is InChI=1S/C18H25NO2/c1-19(12-16-5-2-3-8-17(16)20)18(21)15-10-9-13-6-4-7-14(13)11-15/h9-11,16-17,20H,2-8,12H2,1H3. The van der Waals surface area contributed by atoms with Crippen molar-refractivity contribution in [1.29, 1.82) is 0 Å². The first kappa shape index (κ1) is 14.6. The fourth-order valence-electron chi connectivity index (χ4n) is 3.76. The van der Waals surface area contributed by atoms with Crippen LogP contribution in [-0.4, -0.2) is 35.6 Å². The van der Waals surface area contributed by atoms with Gasteiger partial charge in [-0.3, -0.25) is 4.79 Å². The maximum atomic E-state index is 12.6. The third-order valence-corrected chi connectivity index (χ3v) is 5.07. The second-order valence-corrected chi connectivity index (χ2v) is 6.63. The normalized spacial score (nSPS) is 24.7. The van der Waals surface area contributed by atoms with E-state index in [0.717, 1.165) is 37.7 Å². The number of carbonyl (C=O) groups excluding carboxylic acids is 1. The summed E-state index contributed by atoms with van der Waals surface area (Å²) in [5.41, 5.74) is 3.53. The summed E-state index contributed by atoms with van der Waals surface area (Å²) in [7, 11) is 1.86. The smallest absolute Gasteiger partial charge is 0.253 e. The number of fused-ring (bicyclic) bond motifs is 1. The van der Waals surface area contributed by atoms with Crippen molar-refractivity contribution in [3.05, 3.63) is 34.9 Å². The third kappa shape index (κ3) is 3.13. The molecule has 21 heavy (non-hydrogen) atoms. The largest absolute Gasteiger partial charge is 0.393 e. The van der Waals surface area contributed by atoms with E-state index in [1.807, 2.05) is 13.1 Å².